The molecule has 10 heteroatoms. The molecule has 0 unspecified atom stereocenters. The number of pyridine rings is 2. The van der Waals surface area contributed by atoms with Crippen LogP contribution in [0.3, 0.4) is 0 Å². The number of benzene rings is 1. The van der Waals surface area contributed by atoms with Crippen molar-refractivity contribution in [2.24, 2.45) is 0 Å². The predicted molar refractivity (Wildman–Crippen MR) is 162 cm³/mol. The lowest BCUT2D eigenvalue weighted by Crippen LogP contribution is -2.54. The summed E-state index contributed by atoms with van der Waals surface area (Å²) in [6, 6.07) is 16.1. The van der Waals surface area contributed by atoms with Crippen LogP contribution in [0.1, 0.15) is 18.9 Å². The van der Waals surface area contributed by atoms with E-state index in [1.807, 2.05) is 20.0 Å². The number of hydrogen-bond donors (Lipinski definition) is 1. The molecule has 0 amide bonds. The van der Waals surface area contributed by atoms with E-state index in [0.29, 0.717) is 17.6 Å². The Bertz CT molecular complexity index is 1420. The molecule has 6 heterocycles. The molecule has 7 rings (SSSR count). The van der Waals surface area contributed by atoms with Crippen molar-refractivity contribution in [3.05, 3.63) is 48.2 Å². The second-order valence-corrected chi connectivity index (χ2v) is 11.9. The van der Waals surface area contributed by atoms with Gasteiger partial charge in [0.1, 0.15) is 11.9 Å². The predicted octanol–water partition coefficient (Wildman–Crippen LogP) is 0.726. The van der Waals surface area contributed by atoms with Gasteiger partial charge in [-0.25, -0.2) is 4.98 Å². The summed E-state index contributed by atoms with van der Waals surface area (Å²) in [6.45, 7) is 10.9. The molecule has 2 bridgehead atoms. The normalized spacial score (nSPS) is 26.9. The first-order valence-electron chi connectivity index (χ1n) is 14.7. The molecule has 206 valence electrons. The van der Waals surface area contributed by atoms with Crippen molar-refractivity contribution >= 4 is 41.5 Å². The maximum absolute atomic E-state index is 9.62. The van der Waals surface area contributed by atoms with Crippen LogP contribution in [0.2, 0.25) is 0 Å². The van der Waals surface area contributed by atoms with Gasteiger partial charge in [0.05, 0.1) is 35.2 Å². The van der Waals surface area contributed by atoms with Crippen molar-refractivity contribution < 1.29 is 4.74 Å². The minimum Gasteiger partial charge on any atom is -0.370 e. The molecule has 40 heavy (non-hydrogen) atoms. The van der Waals surface area contributed by atoms with Gasteiger partial charge in [0.15, 0.2) is 7.85 Å². The van der Waals surface area contributed by atoms with Gasteiger partial charge >= 0.3 is 0 Å². The van der Waals surface area contributed by atoms with Gasteiger partial charge in [0.2, 0.25) is 0 Å². The monoisotopic (exact) mass is 536 g/mol. The summed E-state index contributed by atoms with van der Waals surface area (Å²) in [5.74, 6) is 1.12. The van der Waals surface area contributed by atoms with Crippen LogP contribution in [-0.4, -0.2) is 106 Å². The Kier molecular flexibility index (Phi) is 6.74. The molecule has 0 radical (unpaired) electrons. The van der Waals surface area contributed by atoms with E-state index in [2.05, 4.69) is 68.4 Å². The molecule has 4 aliphatic heterocycles. The Balaban J connectivity index is 0.976. The fourth-order valence-electron chi connectivity index (χ4n) is 7.06. The third kappa shape index (κ3) is 4.87. The molecule has 9 nitrogen and oxygen atoms in total. The van der Waals surface area contributed by atoms with Crippen molar-refractivity contribution in [1.29, 1.82) is 5.26 Å². The first kappa shape index (κ1) is 25.6. The standard InChI is InChI=1S/C30H37BN8O/c1-20-16-38(27-5-2-21(13-32)30-26(27)4-6-28(31)35-30)19-25(40-20)18-36-8-10-37(11-9-36)23-3-7-29(34-14-23)39-17-22-12-24(39)15-33-22/h2-7,14,20,22,24-25,33H,8-12,15-19,31H2,1H3/t20-,22+,24+,25+/m1/s1. The van der Waals surface area contributed by atoms with Crippen LogP contribution >= 0.6 is 0 Å². The topological polar surface area (TPSA) is 83.8 Å². The summed E-state index contributed by atoms with van der Waals surface area (Å²) in [5.41, 5.74) is 4.70. The number of aromatic nitrogens is 2. The molecule has 4 atom stereocenters. The maximum Gasteiger partial charge on any atom is 0.163 e. The van der Waals surface area contributed by atoms with Gasteiger partial charge in [-0.3, -0.25) is 9.88 Å². The minimum absolute atomic E-state index is 0.130. The van der Waals surface area contributed by atoms with Crippen molar-refractivity contribution in [2.75, 3.05) is 73.6 Å². The van der Waals surface area contributed by atoms with Gasteiger partial charge in [-0.15, -0.1) is 0 Å². The molecule has 0 spiro atoms. The highest BCUT2D eigenvalue weighted by Crippen LogP contribution is 2.31. The van der Waals surface area contributed by atoms with Crippen LogP contribution in [0.5, 0.6) is 0 Å². The highest BCUT2D eigenvalue weighted by Gasteiger charge is 2.38. The Morgan fingerprint density at radius 3 is 2.65 bits per heavy atom. The van der Waals surface area contributed by atoms with Crippen LogP contribution in [0.4, 0.5) is 17.2 Å². The molecular weight excluding hydrogens is 499 g/mol. The lowest BCUT2D eigenvalue weighted by Gasteiger charge is -2.42. The highest BCUT2D eigenvalue weighted by atomic mass is 16.5. The number of rotatable bonds is 5. The van der Waals surface area contributed by atoms with Gasteiger partial charge in [-0.05, 0) is 49.3 Å². The highest BCUT2D eigenvalue weighted by molar-refractivity contribution is 6.31. The van der Waals surface area contributed by atoms with E-state index < -0.39 is 0 Å². The number of anilines is 3. The lowest BCUT2D eigenvalue weighted by atomic mass is 10.00. The number of nitrogens with zero attached hydrogens (tertiary/aromatic N) is 7. The SMILES string of the molecule is Bc1ccc2c(N3C[C@H](CN4CCN(c5ccc(N6C[C@@H]7C[C@H]6CN7)nc5)CC4)O[C@H](C)C3)ccc(C#N)c2n1. The zero-order chi connectivity index (χ0) is 27.2. The molecule has 1 aromatic carbocycles. The fraction of sp³-hybridized carbons (Fsp3) is 0.500. The average molecular weight is 536 g/mol. The van der Waals surface area contributed by atoms with Crippen LogP contribution in [0.15, 0.2) is 42.6 Å². The van der Waals surface area contributed by atoms with E-state index in [0.717, 1.165) is 86.9 Å². The lowest BCUT2D eigenvalue weighted by molar-refractivity contribution is -0.0327. The van der Waals surface area contributed by atoms with E-state index in [9.17, 15) is 5.26 Å². The summed E-state index contributed by atoms with van der Waals surface area (Å²) < 4.78 is 6.43. The number of fused-ring (bicyclic) bond motifs is 3. The quantitative estimate of drug-likeness (QED) is 0.475. The molecule has 1 N–H and O–H groups in total. The van der Waals surface area contributed by atoms with Crippen LogP contribution in [0, 0.1) is 11.3 Å². The Labute approximate surface area is 237 Å². The van der Waals surface area contributed by atoms with E-state index in [-0.39, 0.29) is 12.2 Å². The minimum atomic E-state index is 0.130. The maximum atomic E-state index is 9.62. The van der Waals surface area contributed by atoms with Crippen LogP contribution in [-0.2, 0) is 4.74 Å². The molecular formula is C30H37BN8O. The number of morpholine rings is 1. The summed E-state index contributed by atoms with van der Waals surface area (Å²) >= 11 is 0. The number of nitrogens with one attached hydrogen (secondary N) is 1. The van der Waals surface area contributed by atoms with E-state index in [4.69, 9.17) is 14.7 Å². The van der Waals surface area contributed by atoms with Gasteiger partial charge in [-0.1, -0.05) is 6.07 Å². The fourth-order valence-corrected chi connectivity index (χ4v) is 7.06. The first-order valence-corrected chi connectivity index (χ1v) is 14.7. The number of ether oxygens (including phenoxy) is 1. The smallest absolute Gasteiger partial charge is 0.163 e. The number of nitriles is 1. The largest absolute Gasteiger partial charge is 0.370 e. The van der Waals surface area contributed by atoms with Crippen molar-refractivity contribution in [3.8, 4) is 6.07 Å². The van der Waals surface area contributed by atoms with Crippen molar-refractivity contribution in [1.82, 2.24) is 20.2 Å². The second-order valence-electron chi connectivity index (χ2n) is 11.9. The molecule has 4 aliphatic rings. The number of piperazine rings is 2. The van der Waals surface area contributed by atoms with E-state index in [1.165, 1.54) is 12.1 Å². The molecule has 4 saturated heterocycles. The molecule has 0 saturated carbocycles. The first-order chi connectivity index (χ1) is 19.5. The zero-order valence-electron chi connectivity index (χ0n) is 23.5. The van der Waals surface area contributed by atoms with Crippen molar-refractivity contribution in [2.45, 2.75) is 37.6 Å². The molecule has 2 aromatic heterocycles. The van der Waals surface area contributed by atoms with Gasteiger partial charge in [0, 0.05) is 82.1 Å². The summed E-state index contributed by atoms with van der Waals surface area (Å²) in [6.07, 6.45) is 3.57. The Hall–Kier alpha value is -3.39. The summed E-state index contributed by atoms with van der Waals surface area (Å²) in [7, 11) is 1.97. The zero-order valence-corrected chi connectivity index (χ0v) is 23.5. The molecule has 3 aromatic rings. The van der Waals surface area contributed by atoms with Crippen LogP contribution < -0.4 is 25.6 Å². The van der Waals surface area contributed by atoms with Crippen molar-refractivity contribution in [3.63, 3.8) is 0 Å². The van der Waals surface area contributed by atoms with E-state index >= 15 is 0 Å². The van der Waals surface area contributed by atoms with Gasteiger partial charge < -0.3 is 24.8 Å². The van der Waals surface area contributed by atoms with Crippen LogP contribution in [0.25, 0.3) is 10.9 Å². The molecule has 4 fully saturated rings. The third-order valence-electron chi connectivity index (χ3n) is 9.04. The third-order valence-corrected chi connectivity index (χ3v) is 9.04. The summed E-state index contributed by atoms with van der Waals surface area (Å²) in [4.78, 5) is 19.4. The Morgan fingerprint density at radius 2 is 1.93 bits per heavy atom. The summed E-state index contributed by atoms with van der Waals surface area (Å²) in [5, 5.41) is 14.2. The van der Waals surface area contributed by atoms with Gasteiger partial charge in [0.25, 0.3) is 0 Å². The average Bonchev–Trinajstić information content (AvgIpc) is 3.61. The Morgan fingerprint density at radius 1 is 1.05 bits per heavy atom. The van der Waals surface area contributed by atoms with E-state index in [1.54, 1.807) is 0 Å². The number of hydrogen-bond acceptors (Lipinski definition) is 9. The second kappa shape index (κ2) is 10.5. The molecule has 0 aliphatic carbocycles. The van der Waals surface area contributed by atoms with Gasteiger partial charge in [-0.2, -0.15) is 5.26 Å².